The number of ether oxygens (including phenoxy) is 1. The van der Waals surface area contributed by atoms with Crippen LogP contribution in [0.15, 0.2) is 59.7 Å². The van der Waals surface area contributed by atoms with E-state index in [2.05, 4.69) is 15.0 Å². The van der Waals surface area contributed by atoms with Gasteiger partial charge in [-0.25, -0.2) is 14.8 Å². The van der Waals surface area contributed by atoms with Gasteiger partial charge in [0, 0.05) is 42.7 Å². The van der Waals surface area contributed by atoms with Crippen LogP contribution in [0, 0.1) is 0 Å². The Morgan fingerprint density at radius 3 is 2.84 bits per heavy atom. The molecule has 7 heteroatoms. The predicted molar refractivity (Wildman–Crippen MR) is 90.9 cm³/mol. The lowest BCUT2D eigenvalue weighted by atomic mass is 10.2. The number of aromatic nitrogens is 3. The maximum atomic E-state index is 12.1. The molecule has 0 N–H and O–H groups in total. The molecular formula is C18H12N4O3. The van der Waals surface area contributed by atoms with Crippen molar-refractivity contribution < 1.29 is 14.3 Å². The van der Waals surface area contributed by atoms with Crippen molar-refractivity contribution in [2.75, 3.05) is 0 Å². The number of pyridine rings is 2. The second-order valence-corrected chi connectivity index (χ2v) is 5.43. The van der Waals surface area contributed by atoms with E-state index in [0.29, 0.717) is 16.8 Å². The van der Waals surface area contributed by atoms with E-state index < -0.39 is 5.97 Å². The molecule has 0 saturated heterocycles. The summed E-state index contributed by atoms with van der Waals surface area (Å²) >= 11 is 0. The molecule has 3 aromatic heterocycles. The molecule has 0 bridgehead atoms. The Morgan fingerprint density at radius 1 is 1.24 bits per heavy atom. The molecule has 0 amide bonds. The molecule has 0 unspecified atom stereocenters. The van der Waals surface area contributed by atoms with Crippen molar-refractivity contribution in [3.05, 3.63) is 65.9 Å². The van der Waals surface area contributed by atoms with E-state index in [1.165, 1.54) is 11.5 Å². The summed E-state index contributed by atoms with van der Waals surface area (Å²) in [6.45, 7) is 1.45. The van der Waals surface area contributed by atoms with Crippen LogP contribution in [-0.4, -0.2) is 32.3 Å². The summed E-state index contributed by atoms with van der Waals surface area (Å²) in [6.07, 6.45) is 8.04. The number of carbonyl (C=O) groups is 2. The first kappa shape index (κ1) is 14.9. The number of nitrogens with zero attached hydrogens (tertiary/aromatic N) is 4. The summed E-state index contributed by atoms with van der Waals surface area (Å²) in [6, 6.07) is 7.10. The number of rotatable bonds is 2. The topological polar surface area (TPSA) is 86.4 Å². The molecule has 3 aromatic rings. The smallest absolute Gasteiger partial charge is 0.363 e. The number of aliphatic imine (C=N–C) groups is 1. The maximum Gasteiger partial charge on any atom is 0.363 e. The highest BCUT2D eigenvalue weighted by atomic mass is 16.6. The molecule has 0 aliphatic carbocycles. The average molecular weight is 332 g/mol. The zero-order valence-electron chi connectivity index (χ0n) is 13.2. The zero-order chi connectivity index (χ0) is 17.4. The molecule has 0 spiro atoms. The van der Waals surface area contributed by atoms with E-state index in [-0.39, 0.29) is 17.5 Å². The van der Waals surface area contributed by atoms with Crippen LogP contribution >= 0.6 is 0 Å². The fourth-order valence-corrected chi connectivity index (χ4v) is 2.61. The minimum Gasteiger partial charge on any atom is -0.402 e. The van der Waals surface area contributed by atoms with Crippen molar-refractivity contribution in [1.82, 2.24) is 14.5 Å². The highest BCUT2D eigenvalue weighted by molar-refractivity contribution is 6.13. The van der Waals surface area contributed by atoms with Crippen LogP contribution in [0.4, 0.5) is 0 Å². The van der Waals surface area contributed by atoms with Gasteiger partial charge in [-0.2, -0.15) is 0 Å². The number of carbonyl (C=O) groups excluding carboxylic acids is 2. The van der Waals surface area contributed by atoms with Crippen LogP contribution in [0.5, 0.6) is 0 Å². The van der Waals surface area contributed by atoms with E-state index in [1.807, 2.05) is 6.07 Å². The Balaban J connectivity index is 1.81. The monoisotopic (exact) mass is 332 g/mol. The molecule has 1 aliphatic rings. The van der Waals surface area contributed by atoms with Crippen LogP contribution < -0.4 is 0 Å². The Labute approximate surface area is 142 Å². The van der Waals surface area contributed by atoms with Gasteiger partial charge in [0.15, 0.2) is 5.70 Å². The van der Waals surface area contributed by atoms with Gasteiger partial charge in [0.25, 0.3) is 0 Å². The third-order valence-electron chi connectivity index (χ3n) is 3.75. The largest absolute Gasteiger partial charge is 0.402 e. The quantitative estimate of drug-likeness (QED) is 0.531. The zero-order valence-corrected chi connectivity index (χ0v) is 13.2. The Hall–Kier alpha value is -3.61. The molecule has 7 nitrogen and oxygen atoms in total. The van der Waals surface area contributed by atoms with Crippen LogP contribution in [0.1, 0.15) is 22.8 Å². The molecule has 1 aliphatic heterocycles. The van der Waals surface area contributed by atoms with Crippen molar-refractivity contribution in [3.63, 3.8) is 0 Å². The first-order chi connectivity index (χ1) is 12.1. The second-order valence-electron chi connectivity index (χ2n) is 5.43. The normalized spacial score (nSPS) is 15.5. The number of esters is 1. The first-order valence-corrected chi connectivity index (χ1v) is 7.53. The fourth-order valence-electron chi connectivity index (χ4n) is 2.61. The third-order valence-corrected chi connectivity index (χ3v) is 3.75. The summed E-state index contributed by atoms with van der Waals surface area (Å²) in [4.78, 5) is 36.4. The summed E-state index contributed by atoms with van der Waals surface area (Å²) in [5.74, 6) is -0.508. The number of hydrogen-bond acceptors (Lipinski definition) is 6. The molecule has 4 rings (SSSR count). The lowest BCUT2D eigenvalue weighted by molar-refractivity contribution is -0.129. The minimum absolute atomic E-state index is 0.158. The van der Waals surface area contributed by atoms with Crippen molar-refractivity contribution in [2.45, 2.75) is 6.92 Å². The van der Waals surface area contributed by atoms with Crippen molar-refractivity contribution >= 4 is 34.9 Å². The third kappa shape index (κ3) is 2.61. The van der Waals surface area contributed by atoms with E-state index >= 15 is 0 Å². The van der Waals surface area contributed by atoms with Gasteiger partial charge in [0.05, 0.1) is 5.56 Å². The minimum atomic E-state index is -0.550. The standard InChI is InChI=1S/C18H12N4O3/c1-11(23)22-10-13(14-5-3-7-20-16(14)22)8-15-18(24)25-17(21-15)12-4-2-6-19-9-12/h2-10H,1H3/b15-8-. The predicted octanol–water partition coefficient (Wildman–Crippen LogP) is 2.44. The first-order valence-electron chi connectivity index (χ1n) is 7.53. The molecule has 0 aromatic carbocycles. The number of hydrogen-bond donors (Lipinski definition) is 0. The fraction of sp³-hybridized carbons (Fsp3) is 0.0556. The van der Waals surface area contributed by atoms with E-state index in [1.54, 1.807) is 49.1 Å². The van der Waals surface area contributed by atoms with Gasteiger partial charge in [-0.1, -0.05) is 0 Å². The summed E-state index contributed by atoms with van der Waals surface area (Å²) in [5.41, 5.74) is 1.98. The lowest BCUT2D eigenvalue weighted by Gasteiger charge is -1.96. The van der Waals surface area contributed by atoms with Crippen LogP contribution in [0.2, 0.25) is 0 Å². The van der Waals surface area contributed by atoms with Gasteiger partial charge in [-0.3, -0.25) is 14.3 Å². The Kier molecular flexibility index (Phi) is 3.46. The highest BCUT2D eigenvalue weighted by Crippen LogP contribution is 2.24. The summed E-state index contributed by atoms with van der Waals surface area (Å²) < 4.78 is 6.65. The number of fused-ring (bicyclic) bond motifs is 1. The SMILES string of the molecule is CC(=O)n1cc(/C=C2\N=C(c3cccnc3)OC2=O)c2cccnc21. The Bertz CT molecular complexity index is 1060. The van der Waals surface area contributed by atoms with E-state index in [0.717, 1.165) is 5.39 Å². The molecular weight excluding hydrogens is 320 g/mol. The van der Waals surface area contributed by atoms with E-state index in [4.69, 9.17) is 4.74 Å². The summed E-state index contributed by atoms with van der Waals surface area (Å²) in [7, 11) is 0. The van der Waals surface area contributed by atoms with Gasteiger partial charge in [0.1, 0.15) is 5.65 Å². The summed E-state index contributed by atoms with van der Waals surface area (Å²) in [5, 5.41) is 0.753. The van der Waals surface area contributed by atoms with Crippen molar-refractivity contribution in [1.29, 1.82) is 0 Å². The molecule has 4 heterocycles. The Morgan fingerprint density at radius 2 is 2.08 bits per heavy atom. The van der Waals surface area contributed by atoms with Crippen molar-refractivity contribution in [2.24, 2.45) is 4.99 Å². The molecule has 0 atom stereocenters. The molecule has 0 fully saturated rings. The molecule has 0 radical (unpaired) electrons. The molecule has 0 saturated carbocycles. The maximum absolute atomic E-state index is 12.1. The molecule has 122 valence electrons. The van der Waals surface area contributed by atoms with Crippen LogP contribution in [-0.2, 0) is 9.53 Å². The second kappa shape index (κ2) is 5.79. The van der Waals surface area contributed by atoms with Gasteiger partial charge in [-0.05, 0) is 30.3 Å². The average Bonchev–Trinajstić information content (AvgIpc) is 3.18. The van der Waals surface area contributed by atoms with E-state index in [9.17, 15) is 9.59 Å². The van der Waals surface area contributed by atoms with Crippen LogP contribution in [0.25, 0.3) is 17.1 Å². The van der Waals surface area contributed by atoms with Gasteiger partial charge in [-0.15, -0.1) is 0 Å². The van der Waals surface area contributed by atoms with Gasteiger partial charge >= 0.3 is 5.97 Å². The lowest BCUT2D eigenvalue weighted by Crippen LogP contribution is -2.05. The number of cyclic esters (lactones) is 1. The van der Waals surface area contributed by atoms with Crippen molar-refractivity contribution in [3.8, 4) is 0 Å². The van der Waals surface area contributed by atoms with Crippen LogP contribution in [0.3, 0.4) is 0 Å². The highest BCUT2D eigenvalue weighted by Gasteiger charge is 2.25. The van der Waals surface area contributed by atoms with Gasteiger partial charge in [0.2, 0.25) is 11.8 Å². The molecule has 25 heavy (non-hydrogen) atoms. The van der Waals surface area contributed by atoms with Gasteiger partial charge < -0.3 is 4.74 Å².